The van der Waals surface area contributed by atoms with Crippen LogP contribution in [-0.2, 0) is 17.8 Å². The first-order chi connectivity index (χ1) is 16.9. The second kappa shape index (κ2) is 9.62. The van der Waals surface area contributed by atoms with Crippen LogP contribution in [0.3, 0.4) is 0 Å². The first-order valence-electron chi connectivity index (χ1n) is 12.1. The highest BCUT2D eigenvalue weighted by Crippen LogP contribution is 2.34. The Hall–Kier alpha value is -3.51. The highest BCUT2D eigenvalue weighted by molar-refractivity contribution is 7.22. The average molecular weight is 483 g/mol. The van der Waals surface area contributed by atoms with Crippen LogP contribution in [0.5, 0.6) is 0 Å². The minimum Gasteiger partial charge on any atom is -0.286 e. The second-order valence-corrected chi connectivity index (χ2v) is 10.4. The Morgan fingerprint density at radius 2 is 1.80 bits per heavy atom. The number of nitrogens with zero attached hydrogens (tertiary/aromatic N) is 4. The van der Waals surface area contributed by atoms with Crippen molar-refractivity contribution in [3.8, 4) is 0 Å². The molecule has 0 fully saturated rings. The van der Waals surface area contributed by atoms with Gasteiger partial charge in [-0.15, -0.1) is 0 Å². The number of rotatable bonds is 7. The van der Waals surface area contributed by atoms with E-state index in [4.69, 9.17) is 4.98 Å². The van der Waals surface area contributed by atoms with E-state index >= 15 is 0 Å². The van der Waals surface area contributed by atoms with Gasteiger partial charge in [-0.05, 0) is 53.8 Å². The van der Waals surface area contributed by atoms with Crippen LogP contribution in [-0.4, -0.2) is 27.2 Å². The molecule has 0 aliphatic carbocycles. The molecule has 0 saturated heterocycles. The molecule has 6 heteroatoms. The topological polar surface area (TPSA) is 51.0 Å². The summed E-state index contributed by atoms with van der Waals surface area (Å²) >= 11 is 1.59. The lowest BCUT2D eigenvalue weighted by atomic mass is 10.0. The fourth-order valence-corrected chi connectivity index (χ4v) is 5.63. The van der Waals surface area contributed by atoms with Crippen molar-refractivity contribution in [1.29, 1.82) is 0 Å². The van der Waals surface area contributed by atoms with Crippen molar-refractivity contribution in [3.63, 3.8) is 0 Å². The molecular weight excluding hydrogens is 452 g/mol. The van der Waals surface area contributed by atoms with Crippen molar-refractivity contribution in [3.05, 3.63) is 89.2 Å². The molecule has 5 aromatic rings. The number of hydrogen-bond donors (Lipinski definition) is 0. The number of benzene rings is 3. The lowest BCUT2D eigenvalue weighted by Crippen LogP contribution is -2.35. The van der Waals surface area contributed by atoms with Crippen molar-refractivity contribution in [2.45, 2.75) is 46.6 Å². The van der Waals surface area contributed by atoms with Gasteiger partial charge in [-0.1, -0.05) is 79.8 Å². The molecule has 35 heavy (non-hydrogen) atoms. The zero-order valence-corrected chi connectivity index (χ0v) is 21.5. The maximum absolute atomic E-state index is 13.7. The minimum absolute atomic E-state index is 0.0481. The van der Waals surface area contributed by atoms with E-state index in [-0.39, 0.29) is 5.91 Å². The average Bonchev–Trinajstić information content (AvgIpc) is 3.40. The highest BCUT2D eigenvalue weighted by Gasteiger charge is 2.22. The number of hydrogen-bond acceptors (Lipinski definition) is 4. The molecule has 1 amide bonds. The Bertz CT molecular complexity index is 1510. The smallest absolute Gasteiger partial charge is 0.233 e. The van der Waals surface area contributed by atoms with E-state index in [2.05, 4.69) is 73.5 Å². The quantitative estimate of drug-likeness (QED) is 0.261. The molecule has 3 aromatic carbocycles. The van der Waals surface area contributed by atoms with E-state index in [1.807, 2.05) is 35.6 Å². The minimum atomic E-state index is 0.0481. The number of thiazole rings is 1. The molecule has 0 saturated carbocycles. The van der Waals surface area contributed by atoms with E-state index in [0.29, 0.717) is 25.4 Å². The third-order valence-electron chi connectivity index (χ3n) is 6.40. The third-order valence-corrected chi connectivity index (χ3v) is 7.44. The van der Waals surface area contributed by atoms with Gasteiger partial charge in [-0.25, -0.2) is 4.98 Å². The van der Waals surface area contributed by atoms with Gasteiger partial charge in [-0.3, -0.25) is 14.4 Å². The summed E-state index contributed by atoms with van der Waals surface area (Å²) in [5.41, 5.74) is 5.30. The van der Waals surface area contributed by atoms with E-state index in [0.717, 1.165) is 37.7 Å². The number of carbonyl (C=O) groups excluding carboxylic acids is 1. The Balaban J connectivity index is 1.48. The number of amides is 1. The Morgan fingerprint density at radius 1 is 1.00 bits per heavy atom. The normalized spacial score (nSPS) is 11.6. The molecule has 0 N–H and O–H groups in total. The fourth-order valence-electron chi connectivity index (χ4n) is 4.58. The van der Waals surface area contributed by atoms with Gasteiger partial charge in [0.25, 0.3) is 0 Å². The summed E-state index contributed by atoms with van der Waals surface area (Å²) in [7, 11) is 0. The number of fused-ring (bicyclic) bond motifs is 2. The number of carbonyl (C=O) groups is 1. The molecule has 0 aliphatic heterocycles. The van der Waals surface area contributed by atoms with Crippen molar-refractivity contribution in [2.24, 2.45) is 0 Å². The fraction of sp³-hybridized carbons (Fsp3) is 0.276. The third kappa shape index (κ3) is 4.84. The van der Waals surface area contributed by atoms with Crippen LogP contribution in [0.4, 0.5) is 5.13 Å². The van der Waals surface area contributed by atoms with Crippen LogP contribution in [0.15, 0.2) is 66.7 Å². The first kappa shape index (κ1) is 23.2. The Kier molecular flexibility index (Phi) is 6.39. The van der Waals surface area contributed by atoms with E-state index in [1.54, 1.807) is 11.3 Å². The Morgan fingerprint density at radius 3 is 2.54 bits per heavy atom. The first-order valence-corrected chi connectivity index (χ1v) is 12.9. The lowest BCUT2D eigenvalue weighted by molar-refractivity contribution is -0.118. The summed E-state index contributed by atoms with van der Waals surface area (Å²) in [6, 6.07) is 22.9. The highest BCUT2D eigenvalue weighted by atomic mass is 32.1. The van der Waals surface area contributed by atoms with Crippen LogP contribution >= 0.6 is 11.3 Å². The summed E-state index contributed by atoms with van der Waals surface area (Å²) in [6.45, 7) is 9.54. The van der Waals surface area contributed by atoms with Crippen molar-refractivity contribution in [2.75, 3.05) is 11.4 Å². The predicted octanol–water partition coefficient (Wildman–Crippen LogP) is 6.66. The van der Waals surface area contributed by atoms with Crippen LogP contribution in [0, 0.1) is 13.8 Å². The maximum Gasteiger partial charge on any atom is 0.233 e. The molecule has 0 bridgehead atoms. The molecule has 178 valence electrons. The molecule has 0 atom stereocenters. The number of anilines is 1. The van der Waals surface area contributed by atoms with Gasteiger partial charge in [0.05, 0.1) is 28.9 Å². The predicted molar refractivity (Wildman–Crippen MR) is 145 cm³/mol. The van der Waals surface area contributed by atoms with Crippen LogP contribution < -0.4 is 4.90 Å². The van der Waals surface area contributed by atoms with Crippen molar-refractivity contribution in [1.82, 2.24) is 14.8 Å². The van der Waals surface area contributed by atoms with Gasteiger partial charge in [-0.2, -0.15) is 5.10 Å². The SMILES string of the molecule is Cc1cc(C)n(CCN(C(=O)Cc2ccc3ccccc3c2)c2nc3c(C(C)C)cccc3s2)n1. The van der Waals surface area contributed by atoms with Crippen molar-refractivity contribution >= 4 is 43.4 Å². The van der Waals surface area contributed by atoms with Gasteiger partial charge in [0, 0.05) is 12.2 Å². The summed E-state index contributed by atoms with van der Waals surface area (Å²) in [5.74, 6) is 0.414. The molecule has 0 unspecified atom stereocenters. The second-order valence-electron chi connectivity index (χ2n) is 9.40. The molecule has 2 heterocycles. The summed E-state index contributed by atoms with van der Waals surface area (Å²) in [5, 5.41) is 7.67. The van der Waals surface area contributed by atoms with Crippen molar-refractivity contribution < 1.29 is 4.79 Å². The summed E-state index contributed by atoms with van der Waals surface area (Å²) in [4.78, 5) is 20.5. The number of aromatic nitrogens is 3. The van der Waals surface area contributed by atoms with Crippen LogP contribution in [0.1, 0.15) is 42.3 Å². The maximum atomic E-state index is 13.7. The number of aryl methyl sites for hydroxylation is 2. The lowest BCUT2D eigenvalue weighted by Gasteiger charge is -2.20. The molecule has 0 spiro atoms. The van der Waals surface area contributed by atoms with Gasteiger partial charge in [0.2, 0.25) is 5.91 Å². The van der Waals surface area contributed by atoms with Gasteiger partial charge in [0.15, 0.2) is 5.13 Å². The monoisotopic (exact) mass is 482 g/mol. The Labute approximate surface area is 210 Å². The van der Waals surface area contributed by atoms with Crippen LogP contribution in [0.2, 0.25) is 0 Å². The molecule has 2 aromatic heterocycles. The molecular formula is C29H30N4OS. The number of para-hydroxylation sites is 1. The standard InChI is InChI=1S/C29H30N4OS/c1-19(2)25-10-7-11-26-28(25)30-29(35-26)32(14-15-33-21(4)16-20(3)31-33)27(34)18-22-12-13-23-8-5-6-9-24(23)17-22/h5-13,16-17,19H,14-15,18H2,1-4H3. The zero-order valence-electron chi connectivity index (χ0n) is 20.7. The van der Waals surface area contributed by atoms with E-state index in [9.17, 15) is 4.79 Å². The summed E-state index contributed by atoms with van der Waals surface area (Å²) < 4.78 is 3.08. The molecule has 5 rings (SSSR count). The van der Waals surface area contributed by atoms with Gasteiger partial charge >= 0.3 is 0 Å². The molecule has 5 nitrogen and oxygen atoms in total. The largest absolute Gasteiger partial charge is 0.286 e. The van der Waals surface area contributed by atoms with Crippen LogP contribution in [0.25, 0.3) is 21.0 Å². The van der Waals surface area contributed by atoms with E-state index < -0.39 is 0 Å². The van der Waals surface area contributed by atoms with Gasteiger partial charge < -0.3 is 0 Å². The molecule has 0 aliphatic rings. The zero-order chi connectivity index (χ0) is 24.5. The summed E-state index contributed by atoms with van der Waals surface area (Å²) in [6.07, 6.45) is 0.328. The van der Waals surface area contributed by atoms with E-state index in [1.165, 1.54) is 10.9 Å². The molecule has 0 radical (unpaired) electrons. The van der Waals surface area contributed by atoms with Gasteiger partial charge in [0.1, 0.15) is 0 Å².